The summed E-state index contributed by atoms with van der Waals surface area (Å²) < 4.78 is 25.4. The van der Waals surface area contributed by atoms with Crippen LogP contribution in [-0.4, -0.2) is 61.9 Å². The first kappa shape index (κ1) is 19.2. The fourth-order valence-corrected chi connectivity index (χ4v) is 3.79. The zero-order valence-electron chi connectivity index (χ0n) is 14.5. The molecule has 8 nitrogen and oxygen atoms in total. The van der Waals surface area contributed by atoms with Crippen LogP contribution >= 0.6 is 0 Å². The summed E-state index contributed by atoms with van der Waals surface area (Å²) in [7, 11) is -0.734. The molecule has 0 aromatic heterocycles. The normalized spacial score (nSPS) is 21.2. The van der Waals surface area contributed by atoms with E-state index in [-0.39, 0.29) is 17.4 Å². The lowest BCUT2D eigenvalue weighted by Gasteiger charge is -2.34. The van der Waals surface area contributed by atoms with Crippen molar-refractivity contribution in [3.8, 4) is 0 Å². The number of benzene rings is 1. The lowest BCUT2D eigenvalue weighted by Crippen LogP contribution is -2.47. The summed E-state index contributed by atoms with van der Waals surface area (Å²) in [6.45, 7) is 2.51. The van der Waals surface area contributed by atoms with Crippen molar-refractivity contribution in [1.29, 1.82) is 0 Å². The number of aliphatic carboxylic acids is 1. The van der Waals surface area contributed by atoms with Crippen LogP contribution < -0.4 is 5.32 Å². The number of anilines is 1. The van der Waals surface area contributed by atoms with Gasteiger partial charge in [-0.2, -0.15) is 0 Å². The van der Waals surface area contributed by atoms with Gasteiger partial charge in [0.15, 0.2) is 0 Å². The molecule has 1 aromatic rings. The summed E-state index contributed by atoms with van der Waals surface area (Å²) in [4.78, 5) is 25.2. The number of likely N-dealkylation sites (tertiary alicyclic amines) is 1. The van der Waals surface area contributed by atoms with Gasteiger partial charge in [0.25, 0.3) is 0 Å². The van der Waals surface area contributed by atoms with Crippen molar-refractivity contribution in [3.05, 3.63) is 24.3 Å². The van der Waals surface area contributed by atoms with Crippen LogP contribution in [0, 0.1) is 11.8 Å². The van der Waals surface area contributed by atoms with E-state index in [4.69, 9.17) is 0 Å². The van der Waals surface area contributed by atoms with Gasteiger partial charge in [-0.05, 0) is 30.5 Å². The van der Waals surface area contributed by atoms with E-state index in [2.05, 4.69) is 5.32 Å². The molecule has 0 saturated carbocycles. The first-order chi connectivity index (χ1) is 11.6. The molecule has 138 valence electrons. The Kier molecular flexibility index (Phi) is 5.69. The molecule has 1 heterocycles. The van der Waals surface area contributed by atoms with Crippen molar-refractivity contribution in [3.63, 3.8) is 0 Å². The lowest BCUT2D eigenvalue weighted by molar-refractivity contribution is -0.143. The zero-order valence-corrected chi connectivity index (χ0v) is 15.3. The highest BCUT2D eigenvalue weighted by atomic mass is 32.2. The van der Waals surface area contributed by atoms with Crippen molar-refractivity contribution >= 4 is 27.7 Å². The van der Waals surface area contributed by atoms with Crippen molar-refractivity contribution in [1.82, 2.24) is 9.21 Å². The zero-order chi connectivity index (χ0) is 18.8. The van der Waals surface area contributed by atoms with Crippen molar-refractivity contribution < 1.29 is 23.1 Å². The second kappa shape index (κ2) is 7.40. The minimum atomic E-state index is -3.60. The maximum Gasteiger partial charge on any atom is 0.321 e. The highest BCUT2D eigenvalue weighted by molar-refractivity contribution is 7.89. The fraction of sp³-hybridized carbons (Fsp3) is 0.500. The SMILES string of the molecule is CC1CC(C(=O)O)CN(C(=O)Nc2cccc(S(=O)(=O)N(C)C)c2)C1. The molecule has 0 aliphatic carbocycles. The second-order valence-corrected chi connectivity index (χ2v) is 8.68. The molecule has 2 atom stereocenters. The smallest absolute Gasteiger partial charge is 0.321 e. The molecule has 2 amide bonds. The Bertz CT molecular complexity index is 763. The molecule has 1 saturated heterocycles. The summed E-state index contributed by atoms with van der Waals surface area (Å²) in [5.41, 5.74) is 0.345. The third-order valence-corrected chi connectivity index (χ3v) is 5.97. The van der Waals surface area contributed by atoms with E-state index >= 15 is 0 Å². The van der Waals surface area contributed by atoms with Crippen molar-refractivity contribution in [2.24, 2.45) is 11.8 Å². The standard InChI is InChI=1S/C16H23N3O5S/c1-11-7-12(15(20)21)10-19(9-11)16(22)17-13-5-4-6-14(8-13)25(23,24)18(2)3/h4-6,8,11-12H,7,9-10H2,1-3H3,(H,17,22)(H,20,21). The van der Waals surface area contributed by atoms with Gasteiger partial charge in [-0.3, -0.25) is 4.79 Å². The fourth-order valence-electron chi connectivity index (χ4n) is 2.84. The van der Waals surface area contributed by atoms with E-state index in [1.807, 2.05) is 6.92 Å². The van der Waals surface area contributed by atoms with Crippen LogP contribution in [0.2, 0.25) is 0 Å². The van der Waals surface area contributed by atoms with Gasteiger partial charge in [-0.25, -0.2) is 17.5 Å². The number of rotatable bonds is 4. The van der Waals surface area contributed by atoms with Crippen LogP contribution in [0.1, 0.15) is 13.3 Å². The third kappa shape index (κ3) is 4.49. The molecule has 1 aliphatic heterocycles. The number of carbonyl (C=O) groups is 2. The van der Waals surface area contributed by atoms with Gasteiger partial charge in [0, 0.05) is 32.9 Å². The van der Waals surface area contributed by atoms with Crippen LogP contribution in [0.4, 0.5) is 10.5 Å². The number of piperidine rings is 1. The number of carboxylic acids is 1. The van der Waals surface area contributed by atoms with Crippen LogP contribution in [-0.2, 0) is 14.8 Å². The van der Waals surface area contributed by atoms with Crippen LogP contribution in [0.15, 0.2) is 29.2 Å². The predicted molar refractivity (Wildman–Crippen MR) is 92.8 cm³/mol. The van der Waals surface area contributed by atoms with Crippen molar-refractivity contribution in [2.75, 3.05) is 32.5 Å². The number of carbonyl (C=O) groups excluding carboxylic acids is 1. The molecule has 0 spiro atoms. The molecule has 1 fully saturated rings. The Balaban J connectivity index is 2.14. The molecular weight excluding hydrogens is 346 g/mol. The van der Waals surface area contributed by atoms with Gasteiger partial charge >= 0.3 is 12.0 Å². The number of hydrogen-bond donors (Lipinski definition) is 2. The van der Waals surface area contributed by atoms with E-state index in [9.17, 15) is 23.1 Å². The molecule has 1 aliphatic rings. The van der Waals surface area contributed by atoms with E-state index in [1.165, 1.54) is 31.1 Å². The number of sulfonamides is 1. The first-order valence-corrected chi connectivity index (χ1v) is 9.36. The highest BCUT2D eigenvalue weighted by Crippen LogP contribution is 2.23. The summed E-state index contributed by atoms with van der Waals surface area (Å²) >= 11 is 0. The van der Waals surface area contributed by atoms with Gasteiger partial charge < -0.3 is 15.3 Å². The maximum atomic E-state index is 12.4. The van der Waals surface area contributed by atoms with E-state index in [1.54, 1.807) is 12.1 Å². The van der Waals surface area contributed by atoms with E-state index < -0.39 is 27.9 Å². The Hall–Kier alpha value is -2.13. The minimum absolute atomic E-state index is 0.0747. The van der Waals surface area contributed by atoms with Crippen LogP contribution in [0.25, 0.3) is 0 Å². The predicted octanol–water partition coefficient (Wildman–Crippen LogP) is 1.51. The Labute approximate surface area is 147 Å². The average Bonchev–Trinajstić information content (AvgIpc) is 2.54. The molecule has 0 bridgehead atoms. The summed E-state index contributed by atoms with van der Waals surface area (Å²) in [5, 5.41) is 11.8. The summed E-state index contributed by atoms with van der Waals surface area (Å²) in [6.07, 6.45) is 0.537. The monoisotopic (exact) mass is 369 g/mol. The molecular formula is C16H23N3O5S. The molecule has 2 N–H and O–H groups in total. The molecule has 25 heavy (non-hydrogen) atoms. The minimum Gasteiger partial charge on any atom is -0.481 e. The largest absolute Gasteiger partial charge is 0.481 e. The average molecular weight is 369 g/mol. The number of hydrogen-bond acceptors (Lipinski definition) is 4. The number of nitrogens with zero attached hydrogens (tertiary/aromatic N) is 2. The Morgan fingerprint density at radius 2 is 1.96 bits per heavy atom. The van der Waals surface area contributed by atoms with E-state index in [0.29, 0.717) is 18.7 Å². The quantitative estimate of drug-likeness (QED) is 0.837. The molecule has 2 unspecified atom stereocenters. The highest BCUT2D eigenvalue weighted by Gasteiger charge is 2.32. The maximum absolute atomic E-state index is 12.4. The molecule has 9 heteroatoms. The third-order valence-electron chi connectivity index (χ3n) is 4.16. The van der Waals surface area contributed by atoms with Gasteiger partial charge in [0.2, 0.25) is 10.0 Å². The van der Waals surface area contributed by atoms with E-state index in [0.717, 1.165) is 4.31 Å². The van der Waals surface area contributed by atoms with Crippen molar-refractivity contribution in [2.45, 2.75) is 18.2 Å². The number of urea groups is 1. The number of carboxylic acid groups (broad SMARTS) is 1. The molecule has 2 rings (SSSR count). The second-order valence-electron chi connectivity index (χ2n) is 6.53. The Morgan fingerprint density at radius 1 is 1.28 bits per heavy atom. The van der Waals surface area contributed by atoms with Gasteiger partial charge in [0.1, 0.15) is 0 Å². The number of nitrogens with one attached hydrogen (secondary N) is 1. The van der Waals surface area contributed by atoms with Gasteiger partial charge in [-0.15, -0.1) is 0 Å². The topological polar surface area (TPSA) is 107 Å². The first-order valence-electron chi connectivity index (χ1n) is 7.92. The van der Waals surface area contributed by atoms with Crippen LogP contribution in [0.3, 0.4) is 0 Å². The summed E-state index contributed by atoms with van der Waals surface area (Å²) in [5.74, 6) is -1.42. The Morgan fingerprint density at radius 3 is 2.56 bits per heavy atom. The molecule has 1 aromatic carbocycles. The lowest BCUT2D eigenvalue weighted by atomic mass is 9.91. The van der Waals surface area contributed by atoms with Crippen LogP contribution in [0.5, 0.6) is 0 Å². The number of amides is 2. The van der Waals surface area contributed by atoms with Gasteiger partial charge in [0.05, 0.1) is 10.8 Å². The molecule has 0 radical (unpaired) electrons. The summed E-state index contributed by atoms with van der Waals surface area (Å²) in [6, 6.07) is 5.54. The van der Waals surface area contributed by atoms with Gasteiger partial charge in [-0.1, -0.05) is 13.0 Å².